The molecule has 0 radical (unpaired) electrons. The Bertz CT molecular complexity index is 867. The predicted octanol–water partition coefficient (Wildman–Crippen LogP) is 3.71. The van der Waals surface area contributed by atoms with E-state index in [1.807, 2.05) is 60.4 Å². The number of para-hydroxylation sites is 2. The van der Waals surface area contributed by atoms with Crippen molar-refractivity contribution in [1.29, 1.82) is 0 Å². The van der Waals surface area contributed by atoms with Gasteiger partial charge in [0.2, 0.25) is 11.8 Å². The summed E-state index contributed by atoms with van der Waals surface area (Å²) >= 11 is 0. The molecule has 2 aliphatic heterocycles. The summed E-state index contributed by atoms with van der Waals surface area (Å²) in [5.41, 5.74) is 3.12. The van der Waals surface area contributed by atoms with Crippen LogP contribution in [0.3, 0.4) is 0 Å². The number of nitrogens with one attached hydrogen (secondary N) is 1. The Morgan fingerprint density at radius 1 is 1.00 bits per heavy atom. The molecule has 29 heavy (non-hydrogen) atoms. The van der Waals surface area contributed by atoms with Gasteiger partial charge in [-0.1, -0.05) is 36.4 Å². The van der Waals surface area contributed by atoms with Gasteiger partial charge in [-0.25, -0.2) is 0 Å². The highest BCUT2D eigenvalue weighted by atomic mass is 16.2. The van der Waals surface area contributed by atoms with Crippen LogP contribution in [-0.2, 0) is 16.0 Å². The highest BCUT2D eigenvalue weighted by Gasteiger charge is 2.34. The molecule has 2 heterocycles. The molecule has 2 aromatic carbocycles. The maximum absolute atomic E-state index is 13.3. The van der Waals surface area contributed by atoms with Crippen LogP contribution in [0.15, 0.2) is 54.6 Å². The van der Waals surface area contributed by atoms with Gasteiger partial charge < -0.3 is 10.2 Å². The number of hydrogen-bond acceptors (Lipinski definition) is 3. The van der Waals surface area contributed by atoms with E-state index in [0.717, 1.165) is 50.1 Å². The molecule has 5 nitrogen and oxygen atoms in total. The van der Waals surface area contributed by atoms with Crippen LogP contribution in [-0.4, -0.2) is 42.4 Å². The Morgan fingerprint density at radius 2 is 1.76 bits per heavy atom. The lowest BCUT2D eigenvalue weighted by atomic mass is 9.95. The molecule has 1 saturated heterocycles. The van der Waals surface area contributed by atoms with Crippen LogP contribution < -0.4 is 10.2 Å². The van der Waals surface area contributed by atoms with Crippen molar-refractivity contribution in [2.45, 2.75) is 38.6 Å². The van der Waals surface area contributed by atoms with Gasteiger partial charge >= 0.3 is 0 Å². The van der Waals surface area contributed by atoms with Gasteiger partial charge in [0.15, 0.2) is 0 Å². The number of anilines is 2. The van der Waals surface area contributed by atoms with Crippen LogP contribution in [0.1, 0.15) is 31.7 Å². The average Bonchev–Trinajstić information content (AvgIpc) is 2.78. The van der Waals surface area contributed by atoms with Gasteiger partial charge in [-0.15, -0.1) is 0 Å². The van der Waals surface area contributed by atoms with Gasteiger partial charge in [0.05, 0.1) is 12.0 Å². The summed E-state index contributed by atoms with van der Waals surface area (Å²) in [7, 11) is 0. The highest BCUT2D eigenvalue weighted by molar-refractivity contribution is 5.98. The fraction of sp³-hybridized carbons (Fsp3) is 0.417. The number of rotatable bonds is 4. The van der Waals surface area contributed by atoms with Gasteiger partial charge in [0.25, 0.3) is 0 Å². The number of amides is 2. The lowest BCUT2D eigenvalue weighted by molar-refractivity contribution is -0.127. The Morgan fingerprint density at radius 3 is 2.59 bits per heavy atom. The van der Waals surface area contributed by atoms with E-state index in [0.29, 0.717) is 6.54 Å². The molecular weight excluding hydrogens is 362 g/mol. The molecule has 0 spiro atoms. The number of carbonyl (C=O) groups is 2. The van der Waals surface area contributed by atoms with Crippen molar-refractivity contribution in [2.75, 3.05) is 29.9 Å². The number of likely N-dealkylation sites (tertiary alicyclic amines) is 1. The molecule has 0 saturated carbocycles. The lowest BCUT2D eigenvalue weighted by Crippen LogP contribution is -2.52. The molecule has 4 rings (SSSR count). The van der Waals surface area contributed by atoms with E-state index in [1.54, 1.807) is 0 Å². The molecule has 1 N–H and O–H groups in total. The number of benzene rings is 2. The second-order valence-corrected chi connectivity index (χ2v) is 8.09. The summed E-state index contributed by atoms with van der Waals surface area (Å²) in [4.78, 5) is 30.2. The van der Waals surface area contributed by atoms with Crippen LogP contribution >= 0.6 is 0 Å². The second-order valence-electron chi connectivity index (χ2n) is 8.09. The van der Waals surface area contributed by atoms with E-state index in [2.05, 4.69) is 16.3 Å². The molecule has 2 amide bonds. The van der Waals surface area contributed by atoms with Gasteiger partial charge in [0.1, 0.15) is 0 Å². The molecule has 0 bridgehead atoms. The first kappa shape index (κ1) is 19.6. The van der Waals surface area contributed by atoms with Crippen LogP contribution in [0, 0.1) is 5.92 Å². The van der Waals surface area contributed by atoms with Crippen molar-refractivity contribution in [1.82, 2.24) is 4.90 Å². The fourth-order valence-electron chi connectivity index (χ4n) is 4.48. The Balaban J connectivity index is 1.42. The fourth-order valence-corrected chi connectivity index (χ4v) is 4.48. The third kappa shape index (κ3) is 4.35. The first-order chi connectivity index (χ1) is 14.1. The van der Waals surface area contributed by atoms with Gasteiger partial charge in [-0.05, 0) is 62.9 Å². The normalized spacial score (nSPS) is 20.6. The second kappa shape index (κ2) is 8.78. The van der Waals surface area contributed by atoms with Crippen molar-refractivity contribution in [3.63, 3.8) is 0 Å². The van der Waals surface area contributed by atoms with Gasteiger partial charge in [-0.3, -0.25) is 14.5 Å². The third-order valence-corrected chi connectivity index (χ3v) is 6.15. The maximum Gasteiger partial charge on any atom is 0.244 e. The Labute approximate surface area is 172 Å². The Kier molecular flexibility index (Phi) is 5.95. The minimum atomic E-state index is -0.228. The lowest BCUT2D eigenvalue weighted by Gasteiger charge is -2.39. The van der Waals surface area contributed by atoms with Crippen molar-refractivity contribution < 1.29 is 9.59 Å². The maximum atomic E-state index is 13.3. The molecule has 0 unspecified atom stereocenters. The van der Waals surface area contributed by atoms with Crippen LogP contribution in [0.25, 0.3) is 0 Å². The van der Waals surface area contributed by atoms with E-state index in [4.69, 9.17) is 0 Å². The number of nitrogens with zero attached hydrogens (tertiary/aromatic N) is 2. The summed E-state index contributed by atoms with van der Waals surface area (Å²) in [6.45, 7) is 4.24. The SMILES string of the molecule is C[C@@H](C(=O)N1CCCc2ccccc21)N1CCC[C@H](C(=O)Nc2ccccc2)C1. The predicted molar refractivity (Wildman–Crippen MR) is 116 cm³/mol. The van der Waals surface area contributed by atoms with E-state index < -0.39 is 0 Å². The molecule has 1 fully saturated rings. The van der Waals surface area contributed by atoms with Crippen LogP contribution in [0.4, 0.5) is 11.4 Å². The van der Waals surface area contributed by atoms with E-state index in [9.17, 15) is 9.59 Å². The number of hydrogen-bond donors (Lipinski definition) is 1. The van der Waals surface area contributed by atoms with E-state index in [1.165, 1.54) is 5.56 Å². The van der Waals surface area contributed by atoms with Crippen LogP contribution in [0.5, 0.6) is 0 Å². The first-order valence-corrected chi connectivity index (χ1v) is 10.6. The largest absolute Gasteiger partial charge is 0.326 e. The van der Waals surface area contributed by atoms with Crippen molar-refractivity contribution in [2.24, 2.45) is 5.92 Å². The van der Waals surface area contributed by atoms with Crippen molar-refractivity contribution in [3.05, 3.63) is 60.2 Å². The molecule has 152 valence electrons. The van der Waals surface area contributed by atoms with Crippen molar-refractivity contribution >= 4 is 23.2 Å². The van der Waals surface area contributed by atoms with E-state index >= 15 is 0 Å². The summed E-state index contributed by atoms with van der Waals surface area (Å²) in [5.74, 6) is 0.0954. The average molecular weight is 392 g/mol. The summed E-state index contributed by atoms with van der Waals surface area (Å²) in [6, 6.07) is 17.5. The standard InChI is InChI=1S/C24H29N3O2/c1-18(24(29)27-16-8-10-19-9-5-6-14-22(19)27)26-15-7-11-20(17-26)23(28)25-21-12-3-2-4-13-21/h2-6,9,12-14,18,20H,7-8,10-11,15-17H2,1H3,(H,25,28)/t18-,20-/m0/s1. The zero-order chi connectivity index (χ0) is 20.2. The molecule has 5 heteroatoms. The van der Waals surface area contributed by atoms with Gasteiger partial charge in [-0.2, -0.15) is 0 Å². The van der Waals surface area contributed by atoms with Crippen LogP contribution in [0.2, 0.25) is 0 Å². The zero-order valence-electron chi connectivity index (χ0n) is 17.0. The highest BCUT2D eigenvalue weighted by Crippen LogP contribution is 2.29. The van der Waals surface area contributed by atoms with E-state index in [-0.39, 0.29) is 23.8 Å². The molecule has 2 aromatic rings. The zero-order valence-corrected chi connectivity index (χ0v) is 17.0. The first-order valence-electron chi connectivity index (χ1n) is 10.6. The smallest absolute Gasteiger partial charge is 0.244 e. The monoisotopic (exact) mass is 391 g/mol. The quantitative estimate of drug-likeness (QED) is 0.865. The number of aryl methyl sites for hydroxylation is 1. The summed E-state index contributed by atoms with van der Waals surface area (Å²) in [5, 5.41) is 3.02. The minimum Gasteiger partial charge on any atom is -0.326 e. The molecule has 2 aliphatic rings. The third-order valence-electron chi connectivity index (χ3n) is 6.15. The topological polar surface area (TPSA) is 52.7 Å². The molecule has 0 aromatic heterocycles. The summed E-state index contributed by atoms with van der Waals surface area (Å²) < 4.78 is 0. The molecular formula is C24H29N3O2. The summed E-state index contributed by atoms with van der Waals surface area (Å²) in [6.07, 6.45) is 3.82. The van der Waals surface area contributed by atoms with Gasteiger partial charge in [0, 0.05) is 24.5 Å². The Hall–Kier alpha value is -2.66. The number of carbonyl (C=O) groups excluding carboxylic acids is 2. The number of fused-ring (bicyclic) bond motifs is 1. The number of piperidine rings is 1. The molecule has 0 aliphatic carbocycles. The van der Waals surface area contributed by atoms with Crippen molar-refractivity contribution in [3.8, 4) is 0 Å². The molecule has 2 atom stereocenters. The minimum absolute atomic E-state index is 0.0452.